The normalized spacial score (nSPS) is 15.9. The third kappa shape index (κ3) is 4.58. The van der Waals surface area contributed by atoms with Gasteiger partial charge in [-0.3, -0.25) is 4.79 Å². The van der Waals surface area contributed by atoms with Gasteiger partial charge in [-0.1, -0.05) is 6.92 Å². The van der Waals surface area contributed by atoms with E-state index in [-0.39, 0.29) is 5.92 Å². The average molecular weight is 194 g/mol. The molecule has 0 aliphatic rings. The van der Waals surface area contributed by atoms with Crippen molar-refractivity contribution in [1.82, 2.24) is 0 Å². The Bertz CT molecular complexity index is 128. The number of hydrogen-bond acceptors (Lipinski definition) is 3. The Morgan fingerprint density at radius 2 is 2.18 bits per heavy atom. The summed E-state index contributed by atoms with van der Waals surface area (Å²) in [7, 11) is 0. The summed E-state index contributed by atoms with van der Waals surface area (Å²) < 4.78 is 0. The molecule has 0 aromatic rings. The summed E-state index contributed by atoms with van der Waals surface area (Å²) in [5, 5.41) is 8.02. The van der Waals surface area contributed by atoms with E-state index < -0.39 is 11.2 Å². The molecule has 2 nitrogen and oxygen atoms in total. The highest BCUT2D eigenvalue weighted by atomic mass is 32.1. The first-order valence-corrected chi connectivity index (χ1v) is 4.76. The van der Waals surface area contributed by atoms with Gasteiger partial charge >= 0.3 is 5.97 Å². The third-order valence-electron chi connectivity index (χ3n) is 1.61. The summed E-state index contributed by atoms with van der Waals surface area (Å²) in [5.41, 5.74) is 0. The van der Waals surface area contributed by atoms with E-state index in [9.17, 15) is 4.79 Å². The van der Waals surface area contributed by atoms with Crippen LogP contribution in [0.5, 0.6) is 0 Å². The van der Waals surface area contributed by atoms with E-state index in [0.717, 1.165) is 18.6 Å². The Balaban J connectivity index is 3.63. The minimum atomic E-state index is -0.833. The molecule has 0 heterocycles. The summed E-state index contributed by atoms with van der Waals surface area (Å²) in [5.74, 6) is 0.104. The first-order valence-electron chi connectivity index (χ1n) is 3.61. The van der Waals surface area contributed by atoms with Gasteiger partial charge in [0.15, 0.2) is 0 Å². The molecule has 0 radical (unpaired) electrons. The van der Waals surface area contributed by atoms with Crippen LogP contribution in [-0.2, 0) is 4.79 Å². The minimum absolute atomic E-state index is 0.128. The van der Waals surface area contributed by atoms with Crippen molar-refractivity contribution in [1.29, 1.82) is 0 Å². The second kappa shape index (κ2) is 5.77. The third-order valence-corrected chi connectivity index (χ3v) is 2.66. The van der Waals surface area contributed by atoms with Gasteiger partial charge in [0, 0.05) is 0 Å². The molecule has 11 heavy (non-hydrogen) atoms. The SMILES string of the molecule is CC(CCCS)C(S)C(=O)O. The fraction of sp³-hybridized carbons (Fsp3) is 0.857. The highest BCUT2D eigenvalue weighted by Crippen LogP contribution is 2.16. The quantitative estimate of drug-likeness (QED) is 0.583. The fourth-order valence-electron chi connectivity index (χ4n) is 0.815. The van der Waals surface area contributed by atoms with Crippen molar-refractivity contribution in [3.63, 3.8) is 0 Å². The van der Waals surface area contributed by atoms with Crippen molar-refractivity contribution in [3.8, 4) is 0 Å². The maximum absolute atomic E-state index is 10.4. The second-order valence-electron chi connectivity index (χ2n) is 2.63. The summed E-state index contributed by atoms with van der Waals surface area (Å²) in [6, 6.07) is 0. The summed E-state index contributed by atoms with van der Waals surface area (Å²) in [6.45, 7) is 1.90. The van der Waals surface area contributed by atoms with E-state index >= 15 is 0 Å². The largest absolute Gasteiger partial charge is 0.480 e. The molecule has 0 saturated carbocycles. The van der Waals surface area contributed by atoms with Crippen LogP contribution in [0.2, 0.25) is 0 Å². The first-order chi connectivity index (χ1) is 5.09. The summed E-state index contributed by atoms with van der Waals surface area (Å²) >= 11 is 8.01. The van der Waals surface area contributed by atoms with Gasteiger partial charge in [-0.15, -0.1) is 0 Å². The molecule has 2 atom stereocenters. The molecule has 4 heteroatoms. The molecule has 0 spiro atoms. The maximum Gasteiger partial charge on any atom is 0.316 e. The van der Waals surface area contributed by atoms with Crippen molar-refractivity contribution in [2.24, 2.45) is 5.92 Å². The van der Waals surface area contributed by atoms with Crippen LogP contribution in [-0.4, -0.2) is 22.1 Å². The monoisotopic (exact) mass is 194 g/mol. The van der Waals surface area contributed by atoms with Crippen molar-refractivity contribution >= 4 is 31.2 Å². The smallest absolute Gasteiger partial charge is 0.316 e. The van der Waals surface area contributed by atoms with Crippen LogP contribution in [0.3, 0.4) is 0 Å². The van der Waals surface area contributed by atoms with Crippen LogP contribution in [0.15, 0.2) is 0 Å². The van der Waals surface area contributed by atoms with Gasteiger partial charge in [0.2, 0.25) is 0 Å². The average Bonchev–Trinajstić information content (AvgIpc) is 1.98. The Hall–Kier alpha value is 0.170. The number of hydrogen-bond donors (Lipinski definition) is 3. The number of carboxylic acid groups (broad SMARTS) is 1. The summed E-state index contributed by atoms with van der Waals surface area (Å²) in [4.78, 5) is 10.4. The number of thiol groups is 2. The lowest BCUT2D eigenvalue weighted by Crippen LogP contribution is -2.21. The molecule has 0 aliphatic heterocycles. The van der Waals surface area contributed by atoms with E-state index in [1.165, 1.54) is 0 Å². The van der Waals surface area contributed by atoms with E-state index in [1.807, 2.05) is 6.92 Å². The molecular formula is C7H14O2S2. The van der Waals surface area contributed by atoms with Gasteiger partial charge in [-0.25, -0.2) is 0 Å². The second-order valence-corrected chi connectivity index (χ2v) is 3.63. The van der Waals surface area contributed by atoms with Crippen LogP contribution in [0, 0.1) is 5.92 Å². The molecule has 2 unspecified atom stereocenters. The molecule has 1 N–H and O–H groups in total. The van der Waals surface area contributed by atoms with Crippen LogP contribution in [0.1, 0.15) is 19.8 Å². The molecule has 0 bridgehead atoms. The van der Waals surface area contributed by atoms with Gasteiger partial charge in [0.25, 0.3) is 0 Å². The predicted octanol–water partition coefficient (Wildman–Crippen LogP) is 1.72. The maximum atomic E-state index is 10.4. The minimum Gasteiger partial charge on any atom is -0.480 e. The molecule has 0 rings (SSSR count). The van der Waals surface area contributed by atoms with Gasteiger partial charge in [0.1, 0.15) is 5.25 Å². The topological polar surface area (TPSA) is 37.3 Å². The van der Waals surface area contributed by atoms with Crippen LogP contribution >= 0.6 is 25.3 Å². The van der Waals surface area contributed by atoms with Gasteiger partial charge in [-0.2, -0.15) is 25.3 Å². The molecule has 0 saturated heterocycles. The first kappa shape index (κ1) is 11.2. The van der Waals surface area contributed by atoms with E-state index in [0.29, 0.717) is 0 Å². The van der Waals surface area contributed by atoms with E-state index in [2.05, 4.69) is 25.3 Å². The lowest BCUT2D eigenvalue weighted by Gasteiger charge is -2.13. The number of carboxylic acids is 1. The highest BCUT2D eigenvalue weighted by Gasteiger charge is 2.19. The van der Waals surface area contributed by atoms with Crippen LogP contribution in [0.4, 0.5) is 0 Å². The lowest BCUT2D eigenvalue weighted by atomic mass is 10.0. The summed E-state index contributed by atoms with van der Waals surface area (Å²) in [6.07, 6.45) is 1.83. The standard InChI is InChI=1S/C7H14O2S2/c1-5(3-2-4-10)6(11)7(8)9/h5-6,10-11H,2-4H2,1H3,(H,8,9). The Kier molecular flexibility index (Phi) is 5.86. The molecule has 0 aromatic heterocycles. The molecule has 0 aromatic carbocycles. The number of aliphatic carboxylic acids is 1. The van der Waals surface area contributed by atoms with Crippen molar-refractivity contribution < 1.29 is 9.90 Å². The zero-order valence-electron chi connectivity index (χ0n) is 6.53. The molecule has 0 aliphatic carbocycles. The van der Waals surface area contributed by atoms with E-state index in [1.54, 1.807) is 0 Å². The fourth-order valence-corrected chi connectivity index (χ4v) is 1.15. The van der Waals surface area contributed by atoms with Gasteiger partial charge in [-0.05, 0) is 24.5 Å². The van der Waals surface area contributed by atoms with E-state index in [4.69, 9.17) is 5.11 Å². The van der Waals surface area contributed by atoms with Crippen molar-refractivity contribution in [2.45, 2.75) is 25.0 Å². The van der Waals surface area contributed by atoms with Crippen LogP contribution in [0.25, 0.3) is 0 Å². The van der Waals surface area contributed by atoms with Crippen molar-refractivity contribution in [3.05, 3.63) is 0 Å². The highest BCUT2D eigenvalue weighted by molar-refractivity contribution is 7.81. The Morgan fingerprint density at radius 1 is 1.64 bits per heavy atom. The number of carbonyl (C=O) groups is 1. The lowest BCUT2D eigenvalue weighted by molar-refractivity contribution is -0.137. The molecule has 0 fully saturated rings. The molecule has 0 amide bonds. The molecule has 66 valence electrons. The van der Waals surface area contributed by atoms with Crippen LogP contribution < -0.4 is 0 Å². The van der Waals surface area contributed by atoms with Crippen molar-refractivity contribution in [2.75, 3.05) is 5.75 Å². The Labute approximate surface area is 78.2 Å². The Morgan fingerprint density at radius 3 is 2.55 bits per heavy atom. The zero-order chi connectivity index (χ0) is 8.85. The zero-order valence-corrected chi connectivity index (χ0v) is 8.31. The van der Waals surface area contributed by atoms with Gasteiger partial charge < -0.3 is 5.11 Å². The predicted molar refractivity (Wildman–Crippen MR) is 52.7 cm³/mol. The number of rotatable bonds is 5. The van der Waals surface area contributed by atoms with Gasteiger partial charge in [0.05, 0.1) is 0 Å². The molecular weight excluding hydrogens is 180 g/mol.